The van der Waals surface area contributed by atoms with Crippen LogP contribution in [-0.4, -0.2) is 94.2 Å². The number of benzene rings is 1. The first-order chi connectivity index (χ1) is 19.3. The lowest BCUT2D eigenvalue weighted by Gasteiger charge is -2.33. The van der Waals surface area contributed by atoms with Crippen molar-refractivity contribution in [3.05, 3.63) is 47.2 Å². The molecule has 0 saturated carbocycles. The fraction of sp³-hybridized carbons (Fsp3) is 0.517. The van der Waals surface area contributed by atoms with Gasteiger partial charge in [0.15, 0.2) is 0 Å². The molecule has 2 aromatic heterocycles. The molecule has 1 amide bonds. The number of H-pyrrole nitrogens is 1. The Morgan fingerprint density at radius 2 is 1.82 bits per heavy atom. The summed E-state index contributed by atoms with van der Waals surface area (Å²) in [5.74, 6) is 0.169. The molecule has 0 unspecified atom stereocenters. The van der Waals surface area contributed by atoms with Crippen LogP contribution in [0.25, 0.3) is 22.5 Å². The summed E-state index contributed by atoms with van der Waals surface area (Å²) < 4.78 is 17.0. The van der Waals surface area contributed by atoms with Crippen molar-refractivity contribution >= 4 is 17.7 Å². The number of aromatic nitrogens is 4. The summed E-state index contributed by atoms with van der Waals surface area (Å²) in [5, 5.41) is 8.70. The number of morpholine rings is 1. The van der Waals surface area contributed by atoms with E-state index in [-0.39, 0.29) is 12.0 Å². The monoisotopic (exact) mass is 568 g/mol. The van der Waals surface area contributed by atoms with E-state index in [4.69, 9.17) is 35.9 Å². The number of rotatable bonds is 7. The highest BCUT2D eigenvalue weighted by molar-refractivity contribution is 6.30. The number of ether oxygens (including phenoxy) is 3. The van der Waals surface area contributed by atoms with E-state index >= 15 is 0 Å². The number of hydrogen-bond donors (Lipinski definition) is 1. The Hall–Kier alpha value is -3.21. The van der Waals surface area contributed by atoms with Crippen molar-refractivity contribution in [2.45, 2.75) is 45.1 Å². The van der Waals surface area contributed by atoms with E-state index in [1.807, 2.05) is 51.1 Å². The lowest BCUT2D eigenvalue weighted by atomic mass is 9.89. The normalized spacial score (nSPS) is 17.1. The number of aromatic amines is 1. The van der Waals surface area contributed by atoms with Gasteiger partial charge in [-0.05, 0) is 51.8 Å². The van der Waals surface area contributed by atoms with E-state index in [0.29, 0.717) is 30.7 Å². The SMILES string of the molecule is CC(C)(C)OC(=O)N1CCC(c2[nH]nc(-c3ccc(Cl)cc3)c2-c2ccnc(OCCN3CCOCC3)n2)CC1. The molecule has 5 rings (SSSR count). The van der Waals surface area contributed by atoms with Gasteiger partial charge >= 0.3 is 12.1 Å². The number of piperidine rings is 1. The van der Waals surface area contributed by atoms with Crippen LogP contribution in [0.3, 0.4) is 0 Å². The first-order valence-electron chi connectivity index (χ1n) is 13.9. The maximum atomic E-state index is 12.6. The van der Waals surface area contributed by atoms with Crippen molar-refractivity contribution < 1.29 is 19.0 Å². The quantitative estimate of drug-likeness (QED) is 0.424. The minimum atomic E-state index is -0.521. The summed E-state index contributed by atoms with van der Waals surface area (Å²) in [5.41, 5.74) is 3.85. The van der Waals surface area contributed by atoms with Gasteiger partial charge in [-0.3, -0.25) is 10.00 Å². The second kappa shape index (κ2) is 12.5. The van der Waals surface area contributed by atoms with Gasteiger partial charge in [0, 0.05) is 66.7 Å². The van der Waals surface area contributed by atoms with E-state index in [9.17, 15) is 4.79 Å². The maximum absolute atomic E-state index is 12.6. The highest BCUT2D eigenvalue weighted by Crippen LogP contribution is 2.39. The molecular formula is C29H37ClN6O4. The van der Waals surface area contributed by atoms with Gasteiger partial charge in [-0.15, -0.1) is 0 Å². The summed E-state index contributed by atoms with van der Waals surface area (Å²) in [7, 11) is 0. The van der Waals surface area contributed by atoms with Gasteiger partial charge in [-0.25, -0.2) is 9.78 Å². The number of carbonyl (C=O) groups is 1. The molecule has 1 aromatic carbocycles. The molecule has 4 heterocycles. The average molecular weight is 569 g/mol. The van der Waals surface area contributed by atoms with E-state index in [2.05, 4.69) is 15.0 Å². The number of likely N-dealkylation sites (tertiary alicyclic amines) is 1. The van der Waals surface area contributed by atoms with Crippen LogP contribution in [0.5, 0.6) is 6.01 Å². The van der Waals surface area contributed by atoms with E-state index < -0.39 is 5.60 Å². The third-order valence-electron chi connectivity index (χ3n) is 7.10. The smallest absolute Gasteiger partial charge is 0.410 e. The van der Waals surface area contributed by atoms with Crippen LogP contribution in [0.1, 0.15) is 45.2 Å². The molecule has 40 heavy (non-hydrogen) atoms. The number of nitrogens with zero attached hydrogens (tertiary/aromatic N) is 5. The third kappa shape index (κ3) is 7.10. The van der Waals surface area contributed by atoms with Gasteiger partial charge in [-0.1, -0.05) is 23.7 Å². The summed E-state index contributed by atoms with van der Waals surface area (Å²) >= 11 is 6.17. The number of nitrogens with one attached hydrogen (secondary N) is 1. The molecule has 0 spiro atoms. The predicted octanol–water partition coefficient (Wildman–Crippen LogP) is 5.01. The van der Waals surface area contributed by atoms with Crippen molar-refractivity contribution in [1.29, 1.82) is 0 Å². The Morgan fingerprint density at radius 1 is 1.10 bits per heavy atom. The molecule has 1 N–H and O–H groups in total. The highest BCUT2D eigenvalue weighted by atomic mass is 35.5. The van der Waals surface area contributed by atoms with Gasteiger partial charge in [0.1, 0.15) is 17.9 Å². The number of amides is 1. The van der Waals surface area contributed by atoms with E-state index in [0.717, 1.165) is 73.9 Å². The highest BCUT2D eigenvalue weighted by Gasteiger charge is 2.31. The molecule has 2 aliphatic rings. The zero-order chi connectivity index (χ0) is 28.1. The Bertz CT molecular complexity index is 1280. The summed E-state index contributed by atoms with van der Waals surface area (Å²) in [6.07, 6.45) is 3.01. The Labute approximate surface area is 240 Å². The molecular weight excluding hydrogens is 532 g/mol. The van der Waals surface area contributed by atoms with E-state index in [1.165, 1.54) is 0 Å². The average Bonchev–Trinajstić information content (AvgIpc) is 3.39. The standard InChI is InChI=1S/C29H37ClN6O4/c1-29(2,3)40-28(37)36-12-9-21(10-13-36)26-24(25(33-34-26)20-4-6-22(30)7-5-20)23-8-11-31-27(32-23)39-19-16-35-14-17-38-18-15-35/h4-8,11,21H,9-10,12-19H2,1-3H3,(H,33,34). The maximum Gasteiger partial charge on any atom is 0.410 e. The summed E-state index contributed by atoms with van der Waals surface area (Å²) in [6, 6.07) is 9.84. The lowest BCUT2D eigenvalue weighted by molar-refractivity contribution is 0.0204. The van der Waals surface area contributed by atoms with Crippen LogP contribution >= 0.6 is 11.6 Å². The Morgan fingerprint density at radius 3 is 2.52 bits per heavy atom. The molecule has 0 atom stereocenters. The lowest BCUT2D eigenvalue weighted by Crippen LogP contribution is -2.41. The number of hydrogen-bond acceptors (Lipinski definition) is 8. The van der Waals surface area contributed by atoms with Crippen LogP contribution in [0, 0.1) is 0 Å². The first-order valence-corrected chi connectivity index (χ1v) is 14.2. The molecule has 0 radical (unpaired) electrons. The van der Waals surface area contributed by atoms with Crippen LogP contribution in [0.15, 0.2) is 36.5 Å². The molecule has 0 aliphatic carbocycles. The van der Waals surface area contributed by atoms with Gasteiger partial charge in [0.05, 0.1) is 18.9 Å². The molecule has 11 heteroatoms. The summed E-state index contributed by atoms with van der Waals surface area (Å²) in [6.45, 7) is 11.5. The minimum absolute atomic E-state index is 0.169. The summed E-state index contributed by atoms with van der Waals surface area (Å²) in [4.78, 5) is 25.9. The second-order valence-corrected chi connectivity index (χ2v) is 11.6. The van der Waals surface area contributed by atoms with Crippen LogP contribution in [0.2, 0.25) is 5.02 Å². The van der Waals surface area contributed by atoms with Crippen LogP contribution in [-0.2, 0) is 9.47 Å². The molecule has 10 nitrogen and oxygen atoms in total. The van der Waals surface area contributed by atoms with Crippen LogP contribution in [0.4, 0.5) is 4.79 Å². The largest absolute Gasteiger partial charge is 0.462 e. The molecule has 2 saturated heterocycles. The van der Waals surface area contributed by atoms with Gasteiger partial charge < -0.3 is 19.1 Å². The van der Waals surface area contributed by atoms with Crippen molar-refractivity contribution in [3.63, 3.8) is 0 Å². The number of halogens is 1. The van der Waals surface area contributed by atoms with Gasteiger partial charge in [0.25, 0.3) is 0 Å². The second-order valence-electron chi connectivity index (χ2n) is 11.1. The molecule has 2 fully saturated rings. The number of carbonyl (C=O) groups excluding carboxylic acids is 1. The third-order valence-corrected chi connectivity index (χ3v) is 7.35. The van der Waals surface area contributed by atoms with Gasteiger partial charge in [0.2, 0.25) is 0 Å². The zero-order valence-electron chi connectivity index (χ0n) is 23.4. The first kappa shape index (κ1) is 28.3. The van der Waals surface area contributed by atoms with Crippen LogP contribution < -0.4 is 4.74 Å². The fourth-order valence-corrected chi connectivity index (χ4v) is 5.17. The fourth-order valence-electron chi connectivity index (χ4n) is 5.04. The molecule has 0 bridgehead atoms. The molecule has 214 valence electrons. The van der Waals surface area contributed by atoms with Crippen molar-refractivity contribution in [2.75, 3.05) is 52.5 Å². The van der Waals surface area contributed by atoms with Crippen molar-refractivity contribution in [3.8, 4) is 28.5 Å². The zero-order valence-corrected chi connectivity index (χ0v) is 24.1. The van der Waals surface area contributed by atoms with E-state index in [1.54, 1.807) is 11.1 Å². The van der Waals surface area contributed by atoms with Crippen molar-refractivity contribution in [1.82, 2.24) is 30.0 Å². The topological polar surface area (TPSA) is 106 Å². The van der Waals surface area contributed by atoms with Gasteiger partial charge in [-0.2, -0.15) is 10.1 Å². The molecule has 2 aliphatic heterocycles. The predicted molar refractivity (Wildman–Crippen MR) is 153 cm³/mol. The van der Waals surface area contributed by atoms with Crippen molar-refractivity contribution in [2.24, 2.45) is 0 Å². The Kier molecular flexibility index (Phi) is 8.87. The minimum Gasteiger partial charge on any atom is -0.462 e. The Balaban J connectivity index is 1.37. The molecule has 3 aromatic rings.